The normalized spacial score (nSPS) is 10.2. The Kier molecular flexibility index (Phi) is 4.43. The highest BCUT2D eigenvalue weighted by molar-refractivity contribution is 5.95. The zero-order chi connectivity index (χ0) is 17.8. The molecule has 1 heterocycles. The number of phenolic OH excluding ortho intramolecular Hbond substituents is 1. The zero-order valence-corrected chi connectivity index (χ0v) is 13.0. The molecule has 0 unspecified atom stereocenters. The highest BCUT2D eigenvalue weighted by atomic mass is 16.5. The van der Waals surface area contributed by atoms with Crippen LogP contribution in [-0.2, 0) is 0 Å². The number of aromatic nitrogens is 1. The molecule has 3 aromatic rings. The number of aromatic hydroxyl groups is 1. The molecule has 124 valence electrons. The summed E-state index contributed by atoms with van der Waals surface area (Å²) in [4.78, 5) is 26.5. The molecule has 3 N–H and O–H groups in total. The second-order valence-corrected chi connectivity index (χ2v) is 5.21. The van der Waals surface area contributed by atoms with Gasteiger partial charge in [-0.15, -0.1) is 0 Å². The molecule has 0 aliphatic carbocycles. The largest absolute Gasteiger partial charge is 0.507 e. The van der Waals surface area contributed by atoms with E-state index in [0.29, 0.717) is 23.2 Å². The number of aldehydes is 1. The van der Waals surface area contributed by atoms with Crippen LogP contribution in [0.15, 0.2) is 60.8 Å². The molecule has 0 atom stereocenters. The van der Waals surface area contributed by atoms with Gasteiger partial charge in [0.1, 0.15) is 17.1 Å². The van der Waals surface area contributed by atoms with Crippen LogP contribution in [0.2, 0.25) is 0 Å². The first-order chi connectivity index (χ1) is 12.1. The number of pyridine rings is 1. The van der Waals surface area contributed by atoms with Gasteiger partial charge >= 0.3 is 0 Å². The van der Waals surface area contributed by atoms with E-state index in [0.717, 1.165) is 0 Å². The molecule has 0 spiro atoms. The quantitative estimate of drug-likeness (QED) is 0.698. The maximum atomic E-state index is 11.5. The number of hydrogen-bond donors (Lipinski definition) is 2. The number of nitrogens with zero attached hydrogens (tertiary/aromatic N) is 1. The first-order valence-corrected chi connectivity index (χ1v) is 7.40. The Morgan fingerprint density at radius 3 is 2.68 bits per heavy atom. The van der Waals surface area contributed by atoms with Crippen molar-refractivity contribution in [1.29, 1.82) is 0 Å². The molecule has 0 bridgehead atoms. The van der Waals surface area contributed by atoms with Gasteiger partial charge in [-0.3, -0.25) is 9.59 Å². The van der Waals surface area contributed by atoms with Crippen molar-refractivity contribution in [2.45, 2.75) is 0 Å². The molecule has 6 heteroatoms. The highest BCUT2D eigenvalue weighted by Gasteiger charge is 2.13. The Bertz CT molecular complexity index is 954. The van der Waals surface area contributed by atoms with E-state index in [9.17, 15) is 14.7 Å². The maximum absolute atomic E-state index is 11.5. The molecule has 3 rings (SSSR count). The lowest BCUT2D eigenvalue weighted by Crippen LogP contribution is -2.12. The van der Waals surface area contributed by atoms with Crippen molar-refractivity contribution in [3.05, 3.63) is 71.9 Å². The van der Waals surface area contributed by atoms with Gasteiger partial charge in [0.05, 0.1) is 5.56 Å². The van der Waals surface area contributed by atoms with E-state index in [4.69, 9.17) is 10.5 Å². The Labute approximate surface area is 143 Å². The Hall–Kier alpha value is -3.67. The van der Waals surface area contributed by atoms with Gasteiger partial charge in [-0.05, 0) is 35.9 Å². The summed E-state index contributed by atoms with van der Waals surface area (Å²) in [5.74, 6) is -0.242. The topological polar surface area (TPSA) is 103 Å². The van der Waals surface area contributed by atoms with Gasteiger partial charge in [0, 0.05) is 11.8 Å². The maximum Gasteiger partial charge on any atom is 0.254 e. The number of nitrogens with two attached hydrogens (primary N) is 1. The summed E-state index contributed by atoms with van der Waals surface area (Å²) in [6.07, 6.45) is 2.08. The standard InChI is InChI=1S/C19H14N2O4/c20-18(24)16-8-3-9-21-19(16)25-14-6-1-4-12(10-14)15-7-2-5-13(11-22)17(15)23/h1-11,23H,(H2,20,24). The van der Waals surface area contributed by atoms with Crippen molar-refractivity contribution in [2.24, 2.45) is 5.73 Å². The van der Waals surface area contributed by atoms with Gasteiger partial charge in [0.2, 0.25) is 5.88 Å². The van der Waals surface area contributed by atoms with Crippen molar-refractivity contribution < 1.29 is 19.4 Å². The van der Waals surface area contributed by atoms with E-state index in [-0.39, 0.29) is 22.8 Å². The molecule has 0 fully saturated rings. The summed E-state index contributed by atoms with van der Waals surface area (Å²) in [5, 5.41) is 10.2. The Balaban J connectivity index is 1.99. The number of carbonyl (C=O) groups excluding carboxylic acids is 2. The van der Waals surface area contributed by atoms with Gasteiger partial charge in [-0.25, -0.2) is 4.98 Å². The van der Waals surface area contributed by atoms with Crippen molar-refractivity contribution in [3.63, 3.8) is 0 Å². The summed E-state index contributed by atoms with van der Waals surface area (Å²) < 4.78 is 5.67. The van der Waals surface area contributed by atoms with E-state index >= 15 is 0 Å². The number of para-hydroxylation sites is 1. The Morgan fingerprint density at radius 2 is 1.92 bits per heavy atom. The fourth-order valence-corrected chi connectivity index (χ4v) is 2.39. The second-order valence-electron chi connectivity index (χ2n) is 5.21. The number of amides is 1. The minimum absolute atomic E-state index is 0.0954. The van der Waals surface area contributed by atoms with E-state index in [1.54, 1.807) is 42.5 Å². The number of hydrogen-bond acceptors (Lipinski definition) is 5. The van der Waals surface area contributed by atoms with E-state index in [1.807, 2.05) is 0 Å². The van der Waals surface area contributed by atoms with E-state index in [2.05, 4.69) is 4.98 Å². The van der Waals surface area contributed by atoms with Crippen molar-refractivity contribution in [2.75, 3.05) is 0 Å². The number of carbonyl (C=O) groups is 2. The van der Waals surface area contributed by atoms with Crippen LogP contribution < -0.4 is 10.5 Å². The molecule has 6 nitrogen and oxygen atoms in total. The zero-order valence-electron chi connectivity index (χ0n) is 13.0. The van der Waals surface area contributed by atoms with Crippen LogP contribution in [0.4, 0.5) is 0 Å². The molecule has 0 saturated carbocycles. The molecule has 1 aromatic heterocycles. The van der Waals surface area contributed by atoms with Crippen LogP contribution >= 0.6 is 0 Å². The van der Waals surface area contributed by atoms with E-state index in [1.165, 1.54) is 18.3 Å². The summed E-state index contributed by atoms with van der Waals surface area (Å²) in [7, 11) is 0. The lowest BCUT2D eigenvalue weighted by atomic mass is 10.0. The van der Waals surface area contributed by atoms with Crippen LogP contribution in [0.3, 0.4) is 0 Å². The fraction of sp³-hybridized carbons (Fsp3) is 0. The molecule has 0 radical (unpaired) electrons. The monoisotopic (exact) mass is 334 g/mol. The molecule has 0 aliphatic rings. The molecular formula is C19H14N2O4. The molecule has 0 saturated heterocycles. The number of primary amides is 1. The van der Waals surface area contributed by atoms with Crippen molar-refractivity contribution in [3.8, 4) is 28.5 Å². The number of ether oxygens (including phenoxy) is 1. The smallest absolute Gasteiger partial charge is 0.254 e. The van der Waals surface area contributed by atoms with Gasteiger partial charge in [-0.1, -0.05) is 24.3 Å². The van der Waals surface area contributed by atoms with Gasteiger partial charge in [0.25, 0.3) is 5.91 Å². The molecule has 25 heavy (non-hydrogen) atoms. The lowest BCUT2D eigenvalue weighted by molar-refractivity contribution is 0.0997. The Morgan fingerprint density at radius 1 is 1.12 bits per heavy atom. The predicted molar refractivity (Wildman–Crippen MR) is 91.8 cm³/mol. The average Bonchev–Trinajstić information content (AvgIpc) is 2.62. The average molecular weight is 334 g/mol. The van der Waals surface area contributed by atoms with Gasteiger partial charge < -0.3 is 15.6 Å². The third-order valence-corrected chi connectivity index (χ3v) is 3.59. The fourth-order valence-electron chi connectivity index (χ4n) is 2.39. The summed E-state index contributed by atoms with van der Waals surface area (Å²) in [5.41, 5.74) is 6.82. The highest BCUT2D eigenvalue weighted by Crippen LogP contribution is 2.34. The van der Waals surface area contributed by atoms with Crippen LogP contribution in [0.1, 0.15) is 20.7 Å². The minimum atomic E-state index is -0.643. The summed E-state index contributed by atoms with van der Waals surface area (Å²) in [6.45, 7) is 0. The molecular weight excluding hydrogens is 320 g/mol. The van der Waals surface area contributed by atoms with Gasteiger partial charge in [0.15, 0.2) is 6.29 Å². The van der Waals surface area contributed by atoms with Gasteiger partial charge in [-0.2, -0.15) is 0 Å². The van der Waals surface area contributed by atoms with Crippen LogP contribution in [-0.4, -0.2) is 22.3 Å². The number of phenols is 1. The molecule has 0 aliphatic heterocycles. The summed E-state index contributed by atoms with van der Waals surface area (Å²) in [6, 6.07) is 14.9. The number of rotatable bonds is 5. The van der Waals surface area contributed by atoms with Crippen molar-refractivity contribution in [1.82, 2.24) is 4.98 Å². The van der Waals surface area contributed by atoms with E-state index < -0.39 is 5.91 Å². The third kappa shape index (κ3) is 3.32. The van der Waals surface area contributed by atoms with Crippen LogP contribution in [0.25, 0.3) is 11.1 Å². The predicted octanol–water partition coefficient (Wildman–Crippen LogP) is 3.16. The first kappa shape index (κ1) is 16.2. The minimum Gasteiger partial charge on any atom is -0.507 e. The van der Waals surface area contributed by atoms with Crippen LogP contribution in [0, 0.1) is 0 Å². The van der Waals surface area contributed by atoms with Crippen LogP contribution in [0.5, 0.6) is 17.4 Å². The first-order valence-electron chi connectivity index (χ1n) is 7.40. The molecule has 1 amide bonds. The summed E-state index contributed by atoms with van der Waals surface area (Å²) >= 11 is 0. The SMILES string of the molecule is NC(=O)c1cccnc1Oc1cccc(-c2cccc(C=O)c2O)c1. The lowest BCUT2D eigenvalue weighted by Gasteiger charge is -2.10. The second kappa shape index (κ2) is 6.84. The van der Waals surface area contributed by atoms with Crippen molar-refractivity contribution >= 4 is 12.2 Å². The third-order valence-electron chi connectivity index (χ3n) is 3.59. The molecule has 2 aromatic carbocycles. The number of benzene rings is 2.